The van der Waals surface area contributed by atoms with Crippen LogP contribution in [0.1, 0.15) is 12.5 Å². The Balaban J connectivity index is 3.10. The van der Waals surface area contributed by atoms with Crippen molar-refractivity contribution in [1.29, 1.82) is 0 Å². The Bertz CT molecular complexity index is 549. The first kappa shape index (κ1) is 16.4. The second-order valence-corrected chi connectivity index (χ2v) is 5.42. The van der Waals surface area contributed by atoms with Gasteiger partial charge in [0, 0.05) is 10.5 Å². The number of nitro groups is 1. The average Bonchev–Trinajstić information content (AvgIpc) is 2.36. The zero-order valence-corrected chi connectivity index (χ0v) is 12.9. The van der Waals surface area contributed by atoms with E-state index in [2.05, 4.69) is 21.2 Å². The zero-order valence-electron chi connectivity index (χ0n) is 11.3. The van der Waals surface area contributed by atoms with Crippen LogP contribution in [-0.4, -0.2) is 35.2 Å². The summed E-state index contributed by atoms with van der Waals surface area (Å²) in [6.45, 7) is 2.86. The summed E-state index contributed by atoms with van der Waals surface area (Å²) in [5, 5.41) is 22.8. The van der Waals surface area contributed by atoms with E-state index in [-0.39, 0.29) is 18.0 Å². The fraction of sp³-hybridized carbons (Fsp3) is 0.417. The molecule has 7 nitrogen and oxygen atoms in total. The number of benzene rings is 1. The van der Waals surface area contributed by atoms with Gasteiger partial charge in [-0.05, 0) is 32.5 Å². The summed E-state index contributed by atoms with van der Waals surface area (Å²) >= 11 is 3.18. The molecule has 0 saturated heterocycles. The smallest absolute Gasteiger partial charge is 0.327 e. The number of nitrogens with zero attached hydrogens (tertiary/aromatic N) is 1. The van der Waals surface area contributed by atoms with Crippen LogP contribution < -0.4 is 10.1 Å². The molecule has 1 rings (SSSR count). The van der Waals surface area contributed by atoms with Crippen LogP contribution in [-0.2, 0) is 4.79 Å². The molecule has 1 aromatic carbocycles. The number of rotatable bonds is 6. The number of nitro benzene ring substituents is 1. The lowest BCUT2D eigenvalue weighted by atomic mass is 10.1. The summed E-state index contributed by atoms with van der Waals surface area (Å²) in [6.07, 6.45) is 0. The van der Waals surface area contributed by atoms with Gasteiger partial charge in [-0.25, -0.2) is 0 Å². The Kier molecular flexibility index (Phi) is 5.07. The molecule has 2 N–H and O–H groups in total. The van der Waals surface area contributed by atoms with E-state index >= 15 is 0 Å². The standard InChI is InChI=1S/C12H15BrN2O5/c1-7-4-8(13)5-9(15(18)19)10(7)20-6-12(2,14-3)11(16)17/h4-5,14H,6H2,1-3H3,(H,16,17). The topological polar surface area (TPSA) is 102 Å². The molecule has 0 aliphatic rings. The molecule has 110 valence electrons. The third-order valence-corrected chi connectivity index (χ3v) is 3.40. The summed E-state index contributed by atoms with van der Waals surface area (Å²) in [5.74, 6) is -1.03. The van der Waals surface area contributed by atoms with Gasteiger partial charge in [-0.1, -0.05) is 15.9 Å². The molecule has 0 heterocycles. The number of halogens is 1. The first-order valence-corrected chi connectivity index (χ1v) is 6.50. The summed E-state index contributed by atoms with van der Waals surface area (Å²) in [4.78, 5) is 21.6. The molecule has 0 fully saturated rings. The maximum atomic E-state index is 11.1. The number of ether oxygens (including phenoxy) is 1. The van der Waals surface area contributed by atoms with Gasteiger partial charge >= 0.3 is 11.7 Å². The van der Waals surface area contributed by atoms with Crippen LogP contribution in [0.4, 0.5) is 5.69 Å². The van der Waals surface area contributed by atoms with E-state index < -0.39 is 16.4 Å². The molecule has 0 spiro atoms. The van der Waals surface area contributed by atoms with E-state index in [1.807, 2.05) is 0 Å². The van der Waals surface area contributed by atoms with Gasteiger partial charge in [0.1, 0.15) is 12.1 Å². The van der Waals surface area contributed by atoms with Crippen LogP contribution in [0.5, 0.6) is 5.75 Å². The van der Waals surface area contributed by atoms with Gasteiger partial charge in [0.2, 0.25) is 0 Å². The number of aliphatic carboxylic acids is 1. The number of hydrogen-bond acceptors (Lipinski definition) is 5. The fourth-order valence-corrected chi connectivity index (χ4v) is 2.05. The van der Waals surface area contributed by atoms with Gasteiger partial charge in [0.05, 0.1) is 4.92 Å². The Morgan fingerprint density at radius 2 is 2.20 bits per heavy atom. The van der Waals surface area contributed by atoms with E-state index in [1.54, 1.807) is 13.0 Å². The van der Waals surface area contributed by atoms with E-state index in [9.17, 15) is 14.9 Å². The molecule has 8 heteroatoms. The predicted molar refractivity (Wildman–Crippen MR) is 76.1 cm³/mol. The SMILES string of the molecule is CNC(C)(COc1c(C)cc(Br)cc1[N+](=O)[O-])C(=O)O. The molecular formula is C12H15BrN2O5. The number of hydrogen-bond donors (Lipinski definition) is 2. The number of carboxylic acid groups (broad SMARTS) is 1. The summed E-state index contributed by atoms with van der Waals surface area (Å²) < 4.78 is 5.95. The molecule has 0 amide bonds. The van der Waals surface area contributed by atoms with Gasteiger partial charge < -0.3 is 15.2 Å². The molecule has 0 saturated carbocycles. The fourth-order valence-electron chi connectivity index (χ4n) is 1.49. The highest BCUT2D eigenvalue weighted by Crippen LogP contribution is 2.34. The first-order chi connectivity index (χ1) is 9.21. The molecule has 1 atom stereocenters. The predicted octanol–water partition coefficient (Wildman–Crippen LogP) is 2.11. The lowest BCUT2D eigenvalue weighted by molar-refractivity contribution is -0.386. The van der Waals surface area contributed by atoms with E-state index in [4.69, 9.17) is 9.84 Å². The maximum Gasteiger partial charge on any atom is 0.327 e. The number of aryl methyl sites for hydroxylation is 1. The minimum Gasteiger partial charge on any atom is -0.484 e. The minimum atomic E-state index is -1.33. The highest BCUT2D eigenvalue weighted by atomic mass is 79.9. The molecular weight excluding hydrogens is 332 g/mol. The third kappa shape index (κ3) is 3.45. The Morgan fingerprint density at radius 3 is 2.65 bits per heavy atom. The monoisotopic (exact) mass is 346 g/mol. The Labute approximate surface area is 124 Å². The first-order valence-electron chi connectivity index (χ1n) is 5.71. The van der Waals surface area contributed by atoms with Crippen molar-refractivity contribution in [1.82, 2.24) is 5.32 Å². The number of nitrogens with one attached hydrogen (secondary N) is 1. The van der Waals surface area contributed by atoms with Crippen LogP contribution in [0.15, 0.2) is 16.6 Å². The quantitative estimate of drug-likeness (QED) is 0.604. The molecule has 0 aromatic heterocycles. The van der Waals surface area contributed by atoms with Crippen LogP contribution in [0.25, 0.3) is 0 Å². The van der Waals surface area contributed by atoms with Crippen molar-refractivity contribution in [2.45, 2.75) is 19.4 Å². The van der Waals surface area contributed by atoms with Crippen LogP contribution in [0, 0.1) is 17.0 Å². The number of carboxylic acids is 1. The molecule has 0 aliphatic heterocycles. The molecule has 1 unspecified atom stereocenters. The molecule has 0 radical (unpaired) electrons. The highest BCUT2D eigenvalue weighted by molar-refractivity contribution is 9.10. The number of likely N-dealkylation sites (N-methyl/N-ethyl adjacent to an activating group) is 1. The van der Waals surface area contributed by atoms with Crippen LogP contribution >= 0.6 is 15.9 Å². The lowest BCUT2D eigenvalue weighted by Crippen LogP contribution is -2.52. The second-order valence-electron chi connectivity index (χ2n) is 4.50. The maximum absolute atomic E-state index is 11.1. The second kappa shape index (κ2) is 6.19. The summed E-state index contributed by atoms with van der Waals surface area (Å²) in [5.41, 5.74) is -0.983. The van der Waals surface area contributed by atoms with Gasteiger partial charge in [0.25, 0.3) is 0 Å². The van der Waals surface area contributed by atoms with Crippen LogP contribution in [0.3, 0.4) is 0 Å². The summed E-state index contributed by atoms with van der Waals surface area (Å²) in [7, 11) is 1.49. The Morgan fingerprint density at radius 1 is 1.60 bits per heavy atom. The van der Waals surface area contributed by atoms with Gasteiger partial charge in [-0.3, -0.25) is 14.9 Å². The zero-order chi connectivity index (χ0) is 15.5. The molecule has 0 aliphatic carbocycles. The van der Waals surface area contributed by atoms with Crippen molar-refractivity contribution in [3.63, 3.8) is 0 Å². The van der Waals surface area contributed by atoms with Crippen LogP contribution in [0.2, 0.25) is 0 Å². The van der Waals surface area contributed by atoms with Crippen molar-refractivity contribution in [2.24, 2.45) is 0 Å². The van der Waals surface area contributed by atoms with Gasteiger partial charge in [-0.15, -0.1) is 0 Å². The summed E-state index contributed by atoms with van der Waals surface area (Å²) in [6, 6.07) is 2.99. The van der Waals surface area contributed by atoms with E-state index in [0.29, 0.717) is 10.0 Å². The third-order valence-electron chi connectivity index (χ3n) is 2.95. The van der Waals surface area contributed by atoms with Crippen molar-refractivity contribution in [3.05, 3.63) is 32.3 Å². The molecule has 1 aromatic rings. The van der Waals surface area contributed by atoms with E-state index in [1.165, 1.54) is 20.0 Å². The van der Waals surface area contributed by atoms with Crippen molar-refractivity contribution in [2.75, 3.05) is 13.7 Å². The van der Waals surface area contributed by atoms with Gasteiger partial charge in [0.15, 0.2) is 5.75 Å². The lowest BCUT2D eigenvalue weighted by Gasteiger charge is -2.24. The Hall–Kier alpha value is -1.67. The van der Waals surface area contributed by atoms with Crippen molar-refractivity contribution in [3.8, 4) is 5.75 Å². The van der Waals surface area contributed by atoms with Crippen molar-refractivity contribution < 1.29 is 19.6 Å². The molecule has 20 heavy (non-hydrogen) atoms. The molecule has 0 bridgehead atoms. The van der Waals surface area contributed by atoms with E-state index in [0.717, 1.165) is 0 Å². The van der Waals surface area contributed by atoms with Gasteiger partial charge in [-0.2, -0.15) is 0 Å². The normalized spacial score (nSPS) is 13.6. The van der Waals surface area contributed by atoms with Crippen molar-refractivity contribution >= 4 is 27.6 Å². The average molecular weight is 347 g/mol. The minimum absolute atomic E-state index is 0.0703. The highest BCUT2D eigenvalue weighted by Gasteiger charge is 2.33. The largest absolute Gasteiger partial charge is 0.484 e. The number of carbonyl (C=O) groups is 1.